The molecule has 2 aromatic heterocycles. The number of esters is 1. The van der Waals surface area contributed by atoms with Crippen LogP contribution in [0, 0.1) is 0 Å². The third kappa shape index (κ3) is 4.36. The van der Waals surface area contributed by atoms with E-state index in [1.54, 1.807) is 16.2 Å². The fraction of sp³-hybridized carbons (Fsp3) is 0.200. The molecule has 4 aromatic rings. The van der Waals surface area contributed by atoms with E-state index in [0.29, 0.717) is 18.1 Å². The van der Waals surface area contributed by atoms with Crippen LogP contribution in [-0.4, -0.2) is 50.4 Å². The van der Waals surface area contributed by atoms with Gasteiger partial charge in [-0.3, -0.25) is 9.36 Å². The van der Waals surface area contributed by atoms with Gasteiger partial charge in [0.25, 0.3) is 0 Å². The summed E-state index contributed by atoms with van der Waals surface area (Å²) in [5.41, 5.74) is 3.04. The number of benzene rings is 2. The van der Waals surface area contributed by atoms with E-state index >= 15 is 0 Å². The minimum Gasteiger partial charge on any atom is -0.467 e. The van der Waals surface area contributed by atoms with Crippen molar-refractivity contribution in [3.8, 4) is 16.4 Å². The first-order chi connectivity index (χ1) is 16.7. The highest BCUT2D eigenvalue weighted by Crippen LogP contribution is 2.31. The van der Waals surface area contributed by atoms with E-state index in [0.717, 1.165) is 27.5 Å². The number of thioether (sulfide) groups is 1. The Hall–Kier alpha value is -3.43. The maximum absolute atomic E-state index is 13.3. The number of amides is 1. The van der Waals surface area contributed by atoms with E-state index in [9.17, 15) is 9.59 Å². The molecule has 0 fully saturated rings. The Labute approximate surface area is 205 Å². The molecule has 34 heavy (non-hydrogen) atoms. The van der Waals surface area contributed by atoms with Crippen LogP contribution in [0.1, 0.15) is 11.1 Å². The van der Waals surface area contributed by atoms with Gasteiger partial charge in [0.1, 0.15) is 6.04 Å². The first kappa shape index (κ1) is 22.4. The zero-order chi connectivity index (χ0) is 23.5. The van der Waals surface area contributed by atoms with Gasteiger partial charge >= 0.3 is 5.97 Å². The largest absolute Gasteiger partial charge is 0.467 e. The first-order valence-electron chi connectivity index (χ1n) is 10.8. The molecule has 5 rings (SSSR count). The predicted molar refractivity (Wildman–Crippen MR) is 132 cm³/mol. The van der Waals surface area contributed by atoms with Gasteiger partial charge in [-0.2, -0.15) is 0 Å². The van der Waals surface area contributed by atoms with Crippen molar-refractivity contribution in [1.29, 1.82) is 0 Å². The Morgan fingerprint density at radius 2 is 1.79 bits per heavy atom. The van der Waals surface area contributed by atoms with Crippen LogP contribution in [-0.2, 0) is 27.3 Å². The Bertz CT molecular complexity index is 1300. The van der Waals surface area contributed by atoms with E-state index < -0.39 is 12.0 Å². The second kappa shape index (κ2) is 9.82. The molecular formula is C25H22N4O3S2. The second-order valence-corrected chi connectivity index (χ2v) is 9.67. The van der Waals surface area contributed by atoms with Gasteiger partial charge < -0.3 is 9.64 Å². The fourth-order valence-corrected chi connectivity index (χ4v) is 5.62. The van der Waals surface area contributed by atoms with Crippen LogP contribution in [0.4, 0.5) is 0 Å². The van der Waals surface area contributed by atoms with Crippen molar-refractivity contribution in [2.45, 2.75) is 24.2 Å². The average Bonchev–Trinajstić information content (AvgIpc) is 3.56. The Morgan fingerprint density at radius 3 is 2.53 bits per heavy atom. The number of para-hydroxylation sites is 1. The van der Waals surface area contributed by atoms with Crippen LogP contribution in [0.25, 0.3) is 16.4 Å². The van der Waals surface area contributed by atoms with Crippen molar-refractivity contribution in [3.05, 3.63) is 83.2 Å². The van der Waals surface area contributed by atoms with Gasteiger partial charge in [0.05, 0.1) is 17.7 Å². The van der Waals surface area contributed by atoms with Crippen molar-refractivity contribution in [2.24, 2.45) is 0 Å². The van der Waals surface area contributed by atoms with Gasteiger partial charge in [-0.25, -0.2) is 4.79 Å². The van der Waals surface area contributed by atoms with Crippen molar-refractivity contribution < 1.29 is 14.3 Å². The van der Waals surface area contributed by atoms with Crippen molar-refractivity contribution in [3.63, 3.8) is 0 Å². The summed E-state index contributed by atoms with van der Waals surface area (Å²) >= 11 is 2.90. The van der Waals surface area contributed by atoms with E-state index in [-0.39, 0.29) is 11.7 Å². The monoisotopic (exact) mass is 490 g/mol. The topological polar surface area (TPSA) is 77.3 Å². The van der Waals surface area contributed by atoms with Gasteiger partial charge in [0.15, 0.2) is 11.0 Å². The Balaban J connectivity index is 1.41. The number of thiophene rings is 1. The van der Waals surface area contributed by atoms with Gasteiger partial charge in [-0.05, 0) is 34.7 Å². The third-order valence-electron chi connectivity index (χ3n) is 5.76. The molecule has 0 saturated carbocycles. The number of fused-ring (bicyclic) bond motifs is 1. The van der Waals surface area contributed by atoms with E-state index in [2.05, 4.69) is 10.2 Å². The summed E-state index contributed by atoms with van der Waals surface area (Å²) in [6, 6.07) is 21.1. The number of aromatic nitrogens is 3. The minimum absolute atomic E-state index is 0.130. The third-order valence-corrected chi connectivity index (χ3v) is 7.54. The molecule has 0 radical (unpaired) electrons. The summed E-state index contributed by atoms with van der Waals surface area (Å²) in [6.45, 7) is 0.376. The highest BCUT2D eigenvalue weighted by atomic mass is 32.2. The molecule has 1 atom stereocenters. The molecular weight excluding hydrogens is 468 g/mol. The zero-order valence-electron chi connectivity index (χ0n) is 18.5. The van der Waals surface area contributed by atoms with Crippen LogP contribution in [0.3, 0.4) is 0 Å². The van der Waals surface area contributed by atoms with Crippen LogP contribution < -0.4 is 0 Å². The maximum Gasteiger partial charge on any atom is 0.328 e. The number of methoxy groups -OCH3 is 1. The number of nitrogens with zero attached hydrogens (tertiary/aromatic N) is 4. The molecule has 0 aliphatic carbocycles. The van der Waals surface area contributed by atoms with Gasteiger partial charge in [0.2, 0.25) is 5.91 Å². The molecule has 0 saturated heterocycles. The molecule has 1 aliphatic rings. The highest BCUT2D eigenvalue weighted by Gasteiger charge is 2.35. The number of carbonyl (C=O) groups excluding carboxylic acids is 2. The van der Waals surface area contributed by atoms with Crippen molar-refractivity contribution >= 4 is 35.0 Å². The molecule has 9 heteroatoms. The lowest BCUT2D eigenvalue weighted by atomic mass is 9.94. The molecule has 0 N–H and O–H groups in total. The molecule has 0 bridgehead atoms. The number of hydrogen-bond donors (Lipinski definition) is 0. The number of rotatable bonds is 6. The normalized spacial score (nSPS) is 15.1. The lowest BCUT2D eigenvalue weighted by molar-refractivity contribution is -0.153. The lowest BCUT2D eigenvalue weighted by Gasteiger charge is -2.35. The number of carbonyl (C=O) groups is 2. The Kier molecular flexibility index (Phi) is 6.46. The highest BCUT2D eigenvalue weighted by molar-refractivity contribution is 7.99. The molecule has 0 spiro atoms. The lowest BCUT2D eigenvalue weighted by Crippen LogP contribution is -2.49. The molecule has 2 aromatic carbocycles. The molecule has 0 unspecified atom stereocenters. The second-order valence-electron chi connectivity index (χ2n) is 7.78. The number of hydrogen-bond acceptors (Lipinski definition) is 7. The fourth-order valence-electron chi connectivity index (χ4n) is 4.08. The SMILES string of the molecule is COC(=O)[C@@H]1Cc2ccccc2CN1C(=O)CSc1nnc(-c2cccs2)n1-c1ccccc1. The van der Waals surface area contributed by atoms with E-state index in [4.69, 9.17) is 4.74 Å². The average molecular weight is 491 g/mol. The van der Waals surface area contributed by atoms with Gasteiger partial charge in [-0.15, -0.1) is 21.5 Å². The molecule has 1 amide bonds. The smallest absolute Gasteiger partial charge is 0.328 e. The van der Waals surface area contributed by atoms with Crippen LogP contribution in [0.15, 0.2) is 77.3 Å². The summed E-state index contributed by atoms with van der Waals surface area (Å²) in [7, 11) is 1.36. The van der Waals surface area contributed by atoms with E-state index in [1.165, 1.54) is 18.9 Å². The summed E-state index contributed by atoms with van der Waals surface area (Å²) in [5.74, 6) is 0.316. The predicted octanol–water partition coefficient (Wildman–Crippen LogP) is 4.21. The molecule has 3 heterocycles. The minimum atomic E-state index is -0.637. The summed E-state index contributed by atoms with van der Waals surface area (Å²) in [4.78, 5) is 28.4. The quantitative estimate of drug-likeness (QED) is 0.298. The van der Waals surface area contributed by atoms with Gasteiger partial charge in [-0.1, -0.05) is 60.3 Å². The number of ether oxygens (including phenoxy) is 1. The summed E-state index contributed by atoms with van der Waals surface area (Å²) in [6.07, 6.45) is 0.446. The molecule has 7 nitrogen and oxygen atoms in total. The van der Waals surface area contributed by atoms with Gasteiger partial charge in [0, 0.05) is 18.7 Å². The standard InChI is InChI=1S/C25H22N4O3S2/c1-32-24(31)20-14-17-8-5-6-9-18(17)15-28(20)22(30)16-34-25-27-26-23(21-12-7-13-33-21)29(25)19-10-3-2-4-11-19/h2-13,20H,14-16H2,1H3/t20-/m0/s1. The van der Waals surface area contributed by atoms with Crippen LogP contribution in [0.5, 0.6) is 0 Å². The summed E-state index contributed by atoms with van der Waals surface area (Å²) in [5, 5.41) is 11.4. The van der Waals surface area contributed by atoms with Crippen LogP contribution >= 0.6 is 23.1 Å². The summed E-state index contributed by atoms with van der Waals surface area (Å²) < 4.78 is 6.97. The van der Waals surface area contributed by atoms with Crippen molar-refractivity contribution in [2.75, 3.05) is 12.9 Å². The zero-order valence-corrected chi connectivity index (χ0v) is 20.1. The molecule has 1 aliphatic heterocycles. The van der Waals surface area contributed by atoms with Crippen LogP contribution in [0.2, 0.25) is 0 Å². The molecule has 172 valence electrons. The first-order valence-corrected chi connectivity index (χ1v) is 12.6. The van der Waals surface area contributed by atoms with Crippen molar-refractivity contribution in [1.82, 2.24) is 19.7 Å². The van der Waals surface area contributed by atoms with E-state index in [1.807, 2.05) is 76.7 Å². The Morgan fingerprint density at radius 1 is 1.03 bits per heavy atom. The maximum atomic E-state index is 13.3.